The van der Waals surface area contributed by atoms with Gasteiger partial charge in [-0.2, -0.15) is 0 Å². The van der Waals surface area contributed by atoms with Gasteiger partial charge in [0.05, 0.1) is 0 Å². The van der Waals surface area contributed by atoms with E-state index in [4.69, 9.17) is 14.2 Å². The van der Waals surface area contributed by atoms with E-state index < -0.39 is 0 Å². The fourth-order valence-corrected chi connectivity index (χ4v) is 3.30. The van der Waals surface area contributed by atoms with Crippen LogP contribution in [-0.4, -0.2) is 26.0 Å². The minimum Gasteiger partial charge on any atom is -0.468 e. The number of benzene rings is 1. The van der Waals surface area contributed by atoms with Crippen LogP contribution >= 0.6 is 0 Å². The molecule has 1 aliphatic carbocycles. The summed E-state index contributed by atoms with van der Waals surface area (Å²) in [7, 11) is 1.61. The topological polar surface area (TPSA) is 44.8 Å². The van der Waals surface area contributed by atoms with E-state index in [0.717, 1.165) is 44.3 Å². The smallest absolute Gasteiger partial charge is 0.306 e. The summed E-state index contributed by atoms with van der Waals surface area (Å²) in [5.74, 6) is 1.05. The van der Waals surface area contributed by atoms with Crippen molar-refractivity contribution >= 4 is 5.97 Å². The summed E-state index contributed by atoms with van der Waals surface area (Å²) in [6.07, 6.45) is 8.06. The first-order valence-corrected chi connectivity index (χ1v) is 9.15. The maximum Gasteiger partial charge on any atom is 0.306 e. The molecule has 1 aromatic carbocycles. The van der Waals surface area contributed by atoms with E-state index in [1.54, 1.807) is 7.11 Å². The Morgan fingerprint density at radius 2 is 1.88 bits per heavy atom. The van der Waals surface area contributed by atoms with Crippen LogP contribution in [0.25, 0.3) is 0 Å². The predicted octanol–water partition coefficient (Wildman–Crippen LogP) is 4.82. The van der Waals surface area contributed by atoms with E-state index in [1.165, 1.54) is 12.0 Å². The molecule has 0 aliphatic heterocycles. The standard InChI is InChI=1S/C20H30O4/c1-3-4-5-10-20(21)24-19-9-7-6-8-18(19)16-11-13-17(14-12-16)23-15-22-2/h11-14,18-19H,3-10,15H2,1-2H3/t18-,19+/m1/s1. The lowest BCUT2D eigenvalue weighted by molar-refractivity contribution is -0.151. The van der Waals surface area contributed by atoms with Crippen molar-refractivity contribution in [3.8, 4) is 5.75 Å². The summed E-state index contributed by atoms with van der Waals surface area (Å²) in [5, 5.41) is 0. The maximum absolute atomic E-state index is 12.1. The van der Waals surface area contributed by atoms with E-state index in [2.05, 4.69) is 19.1 Å². The largest absolute Gasteiger partial charge is 0.468 e. The maximum atomic E-state index is 12.1. The van der Waals surface area contributed by atoms with Gasteiger partial charge in [-0.1, -0.05) is 38.3 Å². The summed E-state index contributed by atoms with van der Waals surface area (Å²) < 4.78 is 16.2. The summed E-state index contributed by atoms with van der Waals surface area (Å²) >= 11 is 0. The van der Waals surface area contributed by atoms with Crippen LogP contribution < -0.4 is 4.74 Å². The molecule has 0 N–H and O–H groups in total. The molecule has 0 amide bonds. The third-order valence-corrected chi connectivity index (χ3v) is 4.62. The van der Waals surface area contributed by atoms with E-state index in [0.29, 0.717) is 12.3 Å². The number of hydrogen-bond acceptors (Lipinski definition) is 4. The number of hydrogen-bond donors (Lipinski definition) is 0. The molecule has 24 heavy (non-hydrogen) atoms. The molecule has 0 unspecified atom stereocenters. The molecule has 2 rings (SSSR count). The molecule has 1 saturated carbocycles. The lowest BCUT2D eigenvalue weighted by atomic mass is 9.81. The number of carbonyl (C=O) groups is 1. The van der Waals surface area contributed by atoms with E-state index in [9.17, 15) is 4.79 Å². The highest BCUT2D eigenvalue weighted by Crippen LogP contribution is 2.36. The molecule has 4 nitrogen and oxygen atoms in total. The highest BCUT2D eigenvalue weighted by Gasteiger charge is 2.29. The normalized spacial score (nSPS) is 20.6. The molecule has 0 aromatic heterocycles. The monoisotopic (exact) mass is 334 g/mol. The molecular formula is C20H30O4. The summed E-state index contributed by atoms with van der Waals surface area (Å²) in [6, 6.07) is 8.09. The van der Waals surface area contributed by atoms with Crippen molar-refractivity contribution in [2.75, 3.05) is 13.9 Å². The molecule has 1 fully saturated rings. The Morgan fingerprint density at radius 1 is 1.12 bits per heavy atom. The second-order valence-electron chi connectivity index (χ2n) is 6.50. The Hall–Kier alpha value is -1.55. The van der Waals surface area contributed by atoms with E-state index in [1.807, 2.05) is 12.1 Å². The van der Waals surface area contributed by atoms with Crippen LogP contribution in [0.3, 0.4) is 0 Å². The molecule has 2 atom stereocenters. The van der Waals surface area contributed by atoms with E-state index in [-0.39, 0.29) is 18.9 Å². The molecular weight excluding hydrogens is 304 g/mol. The van der Waals surface area contributed by atoms with Crippen LogP contribution in [0.4, 0.5) is 0 Å². The van der Waals surface area contributed by atoms with Crippen molar-refractivity contribution in [1.82, 2.24) is 0 Å². The molecule has 4 heteroatoms. The minimum absolute atomic E-state index is 0.0126. The number of methoxy groups -OCH3 is 1. The quantitative estimate of drug-likeness (QED) is 0.369. The van der Waals surface area contributed by atoms with Crippen LogP contribution in [0.5, 0.6) is 5.75 Å². The van der Waals surface area contributed by atoms with Gasteiger partial charge in [-0.3, -0.25) is 4.79 Å². The van der Waals surface area contributed by atoms with Gasteiger partial charge in [0.15, 0.2) is 6.79 Å². The molecule has 0 heterocycles. The van der Waals surface area contributed by atoms with Crippen LogP contribution in [0, 0.1) is 0 Å². The fourth-order valence-electron chi connectivity index (χ4n) is 3.30. The molecule has 0 bridgehead atoms. The minimum atomic E-state index is -0.0413. The van der Waals surface area contributed by atoms with Gasteiger partial charge >= 0.3 is 5.97 Å². The predicted molar refractivity (Wildman–Crippen MR) is 94.2 cm³/mol. The summed E-state index contributed by atoms with van der Waals surface area (Å²) in [6.45, 7) is 2.39. The first kappa shape index (κ1) is 18.8. The highest BCUT2D eigenvalue weighted by molar-refractivity contribution is 5.69. The Kier molecular flexibility index (Phi) is 8.10. The molecule has 1 aromatic rings. The average Bonchev–Trinajstić information content (AvgIpc) is 2.61. The number of rotatable bonds is 9. The zero-order valence-electron chi connectivity index (χ0n) is 15.0. The summed E-state index contributed by atoms with van der Waals surface area (Å²) in [5.41, 5.74) is 1.23. The Balaban J connectivity index is 1.94. The zero-order chi connectivity index (χ0) is 17.2. The first-order chi connectivity index (χ1) is 11.7. The molecule has 0 saturated heterocycles. The van der Waals surface area contributed by atoms with Crippen LogP contribution in [0.15, 0.2) is 24.3 Å². The van der Waals surface area contributed by atoms with Crippen LogP contribution in [0.2, 0.25) is 0 Å². The van der Waals surface area contributed by atoms with Crippen molar-refractivity contribution in [3.63, 3.8) is 0 Å². The first-order valence-electron chi connectivity index (χ1n) is 9.15. The molecule has 1 aliphatic rings. The number of unbranched alkanes of at least 4 members (excludes halogenated alkanes) is 2. The Labute approximate surface area is 145 Å². The van der Waals surface area contributed by atoms with Crippen molar-refractivity contribution < 1.29 is 19.0 Å². The number of ether oxygens (including phenoxy) is 3. The van der Waals surface area contributed by atoms with Crippen LogP contribution in [-0.2, 0) is 14.3 Å². The van der Waals surface area contributed by atoms with Crippen LogP contribution in [0.1, 0.15) is 69.8 Å². The lowest BCUT2D eigenvalue weighted by Gasteiger charge is -2.31. The fraction of sp³-hybridized carbons (Fsp3) is 0.650. The molecule has 0 spiro atoms. The van der Waals surface area contributed by atoms with Gasteiger partial charge in [0.2, 0.25) is 0 Å². The third-order valence-electron chi connectivity index (χ3n) is 4.62. The average molecular weight is 334 g/mol. The van der Waals surface area contributed by atoms with Gasteiger partial charge < -0.3 is 14.2 Å². The van der Waals surface area contributed by atoms with Gasteiger partial charge in [0.1, 0.15) is 11.9 Å². The van der Waals surface area contributed by atoms with Gasteiger partial charge in [-0.25, -0.2) is 0 Å². The SMILES string of the molecule is CCCCCC(=O)O[C@H]1CCCC[C@@H]1c1ccc(OCOC)cc1. The Bertz CT molecular complexity index is 483. The zero-order valence-corrected chi connectivity index (χ0v) is 15.0. The summed E-state index contributed by atoms with van der Waals surface area (Å²) in [4.78, 5) is 12.1. The number of carbonyl (C=O) groups excluding carboxylic acids is 1. The second kappa shape index (κ2) is 10.3. The molecule has 0 radical (unpaired) electrons. The van der Waals surface area contributed by atoms with Crippen molar-refractivity contribution in [2.45, 2.75) is 70.3 Å². The van der Waals surface area contributed by atoms with E-state index >= 15 is 0 Å². The van der Waals surface area contributed by atoms with Crippen molar-refractivity contribution in [3.05, 3.63) is 29.8 Å². The number of esters is 1. The third kappa shape index (κ3) is 5.82. The van der Waals surface area contributed by atoms with Gasteiger partial charge in [-0.15, -0.1) is 0 Å². The van der Waals surface area contributed by atoms with Crippen molar-refractivity contribution in [1.29, 1.82) is 0 Å². The van der Waals surface area contributed by atoms with Crippen molar-refractivity contribution in [2.24, 2.45) is 0 Å². The Morgan fingerprint density at radius 3 is 2.58 bits per heavy atom. The van der Waals surface area contributed by atoms with Gasteiger partial charge in [-0.05, 0) is 43.4 Å². The highest BCUT2D eigenvalue weighted by atomic mass is 16.7. The lowest BCUT2D eigenvalue weighted by Crippen LogP contribution is -2.28. The van der Waals surface area contributed by atoms with Gasteiger partial charge in [0, 0.05) is 19.4 Å². The second-order valence-corrected chi connectivity index (χ2v) is 6.50. The molecule has 134 valence electrons. The van der Waals surface area contributed by atoms with Gasteiger partial charge in [0.25, 0.3) is 0 Å².